The Morgan fingerprint density at radius 2 is 2.30 bits per heavy atom. The second kappa shape index (κ2) is 6.21. The van der Waals surface area contributed by atoms with Crippen LogP contribution in [0.4, 0.5) is 5.69 Å². The molecule has 4 nitrogen and oxygen atoms in total. The molecule has 0 amide bonds. The second-order valence-corrected chi connectivity index (χ2v) is 5.37. The van der Waals surface area contributed by atoms with E-state index in [9.17, 15) is 0 Å². The molecule has 2 aromatic rings. The number of aliphatic imine (C=N–C) groups is 1. The van der Waals surface area contributed by atoms with Crippen LogP contribution in [0.1, 0.15) is 18.2 Å². The number of halogens is 1. The van der Waals surface area contributed by atoms with Crippen molar-refractivity contribution in [3.63, 3.8) is 0 Å². The summed E-state index contributed by atoms with van der Waals surface area (Å²) in [5.41, 5.74) is 2.47. The first-order valence-corrected chi connectivity index (χ1v) is 7.70. The molecule has 104 valence electrons. The van der Waals surface area contributed by atoms with Crippen LogP contribution in [0, 0.1) is 18.4 Å². The van der Waals surface area contributed by atoms with Gasteiger partial charge in [0.2, 0.25) is 0 Å². The van der Waals surface area contributed by atoms with Gasteiger partial charge in [0.1, 0.15) is 5.76 Å². The van der Waals surface area contributed by atoms with E-state index < -0.39 is 0 Å². The summed E-state index contributed by atoms with van der Waals surface area (Å²) in [5, 5.41) is 13.2. The molecule has 1 heterocycles. The highest BCUT2D eigenvalue weighted by molar-refractivity contribution is 8.13. The minimum Gasteiger partial charge on any atom is -0.459 e. The maximum Gasteiger partial charge on any atom is 0.183 e. The first-order valence-electron chi connectivity index (χ1n) is 6.10. The quantitative estimate of drug-likeness (QED) is 0.387. The topological polar surface area (TPSA) is 61.3 Å². The van der Waals surface area contributed by atoms with E-state index in [4.69, 9.17) is 21.3 Å². The number of fused-ring (bicyclic) bond motifs is 1. The molecule has 2 rings (SSSR count). The molecule has 0 saturated heterocycles. The summed E-state index contributed by atoms with van der Waals surface area (Å²) in [6.07, 6.45) is 4.53. The summed E-state index contributed by atoms with van der Waals surface area (Å²) in [6.45, 7) is 4.05. The summed E-state index contributed by atoms with van der Waals surface area (Å²) in [7, 11) is 0. The van der Waals surface area contributed by atoms with Gasteiger partial charge in [-0.15, -0.1) is 0 Å². The Hall–Kier alpha value is -1.64. The van der Waals surface area contributed by atoms with Gasteiger partial charge in [0, 0.05) is 11.8 Å². The Bertz CT molecular complexity index is 715. The fourth-order valence-electron chi connectivity index (χ4n) is 2.00. The zero-order chi connectivity index (χ0) is 14.7. The van der Waals surface area contributed by atoms with Gasteiger partial charge >= 0.3 is 0 Å². The number of amidine groups is 1. The standard InChI is InChI=1S/C14H14ClN3OS/c1-4-12-8(2)10-5-9(6-11(15)13(10)19-12)18-14(20-3)17-7-16/h5-6H,4H2,1-3H3,(H,17,18). The van der Waals surface area contributed by atoms with Gasteiger partial charge < -0.3 is 4.42 Å². The molecular formula is C14H14ClN3OS. The van der Waals surface area contributed by atoms with Gasteiger partial charge in [0.15, 0.2) is 16.9 Å². The molecule has 1 aromatic heterocycles. The van der Waals surface area contributed by atoms with Crippen LogP contribution in [0.2, 0.25) is 5.02 Å². The largest absolute Gasteiger partial charge is 0.459 e. The fraction of sp³-hybridized carbons (Fsp3) is 0.286. The number of thioether (sulfide) groups is 1. The molecule has 0 saturated carbocycles. The Morgan fingerprint density at radius 3 is 2.90 bits per heavy atom. The molecule has 0 unspecified atom stereocenters. The van der Waals surface area contributed by atoms with E-state index >= 15 is 0 Å². The van der Waals surface area contributed by atoms with Crippen molar-refractivity contribution in [2.45, 2.75) is 20.3 Å². The average molecular weight is 308 g/mol. The fourth-order valence-corrected chi connectivity index (χ4v) is 2.60. The number of nitrogens with zero attached hydrogens (tertiary/aromatic N) is 2. The van der Waals surface area contributed by atoms with Crippen LogP contribution in [-0.2, 0) is 6.42 Å². The summed E-state index contributed by atoms with van der Waals surface area (Å²) < 4.78 is 5.76. The lowest BCUT2D eigenvalue weighted by Gasteiger charge is -2.01. The third-order valence-corrected chi connectivity index (χ3v) is 3.84. The lowest BCUT2D eigenvalue weighted by molar-refractivity contribution is 0.553. The predicted molar refractivity (Wildman–Crippen MR) is 84.7 cm³/mol. The molecule has 0 atom stereocenters. The van der Waals surface area contributed by atoms with Crippen molar-refractivity contribution in [3.05, 3.63) is 28.5 Å². The van der Waals surface area contributed by atoms with Gasteiger partial charge in [-0.05, 0) is 30.9 Å². The van der Waals surface area contributed by atoms with Crippen LogP contribution >= 0.6 is 23.4 Å². The van der Waals surface area contributed by atoms with E-state index in [0.29, 0.717) is 21.5 Å². The van der Waals surface area contributed by atoms with Gasteiger partial charge in [-0.25, -0.2) is 4.99 Å². The van der Waals surface area contributed by atoms with E-state index in [1.807, 2.05) is 32.4 Å². The van der Waals surface area contributed by atoms with Crippen molar-refractivity contribution in [2.75, 3.05) is 6.26 Å². The lowest BCUT2D eigenvalue weighted by atomic mass is 10.1. The van der Waals surface area contributed by atoms with Crippen molar-refractivity contribution >= 4 is 45.2 Å². The first kappa shape index (κ1) is 14.8. The van der Waals surface area contributed by atoms with Gasteiger partial charge in [-0.3, -0.25) is 5.32 Å². The van der Waals surface area contributed by atoms with Crippen molar-refractivity contribution in [1.29, 1.82) is 5.26 Å². The lowest BCUT2D eigenvalue weighted by Crippen LogP contribution is -2.12. The second-order valence-electron chi connectivity index (χ2n) is 4.17. The van der Waals surface area contributed by atoms with Crippen LogP contribution in [0.15, 0.2) is 21.5 Å². The van der Waals surface area contributed by atoms with Gasteiger partial charge in [0.05, 0.1) is 10.7 Å². The monoisotopic (exact) mass is 307 g/mol. The molecule has 0 fully saturated rings. The Labute approximate surface area is 126 Å². The van der Waals surface area contributed by atoms with Gasteiger partial charge in [-0.1, -0.05) is 30.3 Å². The van der Waals surface area contributed by atoms with Crippen molar-refractivity contribution in [2.24, 2.45) is 4.99 Å². The number of aryl methyl sites for hydroxylation is 2. The number of rotatable bonds is 2. The Kier molecular flexibility index (Phi) is 4.58. The van der Waals surface area contributed by atoms with Gasteiger partial charge in [0.25, 0.3) is 0 Å². The van der Waals surface area contributed by atoms with Crippen molar-refractivity contribution in [3.8, 4) is 6.19 Å². The highest BCUT2D eigenvalue weighted by Crippen LogP contribution is 2.35. The normalized spacial score (nSPS) is 11.7. The van der Waals surface area contributed by atoms with E-state index in [-0.39, 0.29) is 0 Å². The average Bonchev–Trinajstić information content (AvgIpc) is 2.76. The zero-order valence-corrected chi connectivity index (χ0v) is 13.0. The number of hydrogen-bond acceptors (Lipinski definition) is 4. The van der Waals surface area contributed by atoms with Crippen LogP contribution in [0.25, 0.3) is 11.0 Å². The molecule has 0 spiro atoms. The van der Waals surface area contributed by atoms with Crippen molar-refractivity contribution in [1.82, 2.24) is 5.32 Å². The molecule has 0 radical (unpaired) electrons. The number of nitriles is 1. The highest BCUT2D eigenvalue weighted by atomic mass is 35.5. The molecule has 6 heteroatoms. The Balaban J connectivity index is 2.57. The van der Waals surface area contributed by atoms with Gasteiger partial charge in [-0.2, -0.15) is 5.26 Å². The molecule has 0 aliphatic carbocycles. The molecule has 1 aromatic carbocycles. The maximum absolute atomic E-state index is 8.66. The number of nitrogens with one attached hydrogen (secondary N) is 1. The summed E-state index contributed by atoms with van der Waals surface area (Å²) in [4.78, 5) is 4.37. The van der Waals surface area contributed by atoms with E-state index in [0.717, 1.165) is 23.1 Å². The maximum atomic E-state index is 8.66. The van der Waals surface area contributed by atoms with E-state index in [2.05, 4.69) is 10.3 Å². The summed E-state index contributed by atoms with van der Waals surface area (Å²) in [5.74, 6) is 0.934. The minimum absolute atomic E-state index is 0.528. The van der Waals surface area contributed by atoms with Crippen molar-refractivity contribution < 1.29 is 4.42 Å². The molecule has 0 aliphatic heterocycles. The molecule has 1 N–H and O–H groups in total. The highest BCUT2D eigenvalue weighted by Gasteiger charge is 2.13. The SMILES string of the molecule is CCc1oc2c(Cl)cc(N=C(NC#N)SC)cc2c1C. The first-order chi connectivity index (χ1) is 9.60. The van der Waals surface area contributed by atoms with Crippen LogP contribution in [-0.4, -0.2) is 11.4 Å². The molecule has 0 bridgehead atoms. The molecule has 0 aliphatic rings. The third-order valence-electron chi connectivity index (χ3n) is 2.98. The summed E-state index contributed by atoms with van der Waals surface area (Å²) >= 11 is 7.62. The predicted octanol–water partition coefficient (Wildman–Crippen LogP) is 4.38. The number of benzene rings is 1. The molecular weight excluding hydrogens is 294 g/mol. The third kappa shape index (κ3) is 2.77. The van der Waals surface area contributed by atoms with E-state index in [1.54, 1.807) is 6.07 Å². The smallest absolute Gasteiger partial charge is 0.183 e. The molecule has 20 heavy (non-hydrogen) atoms. The number of hydrogen-bond donors (Lipinski definition) is 1. The van der Waals surface area contributed by atoms with E-state index in [1.165, 1.54) is 11.8 Å². The number of furan rings is 1. The minimum atomic E-state index is 0.528. The summed E-state index contributed by atoms with van der Waals surface area (Å²) in [6, 6.07) is 3.66. The zero-order valence-electron chi connectivity index (χ0n) is 11.5. The Morgan fingerprint density at radius 1 is 1.55 bits per heavy atom. The van der Waals surface area contributed by atoms with Crippen LogP contribution in [0.3, 0.4) is 0 Å². The van der Waals surface area contributed by atoms with Crippen LogP contribution < -0.4 is 5.32 Å². The van der Waals surface area contributed by atoms with Crippen LogP contribution in [0.5, 0.6) is 0 Å².